The van der Waals surface area contributed by atoms with Gasteiger partial charge in [0.15, 0.2) is 0 Å². The average molecular weight is 313 g/mol. The molecule has 1 fully saturated rings. The summed E-state index contributed by atoms with van der Waals surface area (Å²) in [6, 6.07) is 5.48. The monoisotopic (exact) mass is 312 g/mol. The first-order valence-electron chi connectivity index (χ1n) is 5.45. The summed E-state index contributed by atoms with van der Waals surface area (Å²) in [5.74, 6) is 0.596. The summed E-state index contributed by atoms with van der Waals surface area (Å²) in [6.45, 7) is 0. The van der Waals surface area contributed by atoms with Gasteiger partial charge in [0.1, 0.15) is 4.99 Å². The third-order valence-corrected chi connectivity index (χ3v) is 3.41. The van der Waals surface area contributed by atoms with Gasteiger partial charge in [0.2, 0.25) is 5.91 Å². The molecular formula is C12H13BrN2OS. The van der Waals surface area contributed by atoms with Gasteiger partial charge in [0.05, 0.1) is 5.69 Å². The van der Waals surface area contributed by atoms with Crippen molar-refractivity contribution in [1.82, 2.24) is 0 Å². The Bertz CT molecular complexity index is 472. The maximum absolute atomic E-state index is 11.7. The normalized spacial score (nSPS) is 14.4. The summed E-state index contributed by atoms with van der Waals surface area (Å²) in [5, 5.41) is 2.87. The van der Waals surface area contributed by atoms with Gasteiger partial charge in [0, 0.05) is 16.5 Å². The minimum absolute atomic E-state index is 0.0306. The molecule has 17 heavy (non-hydrogen) atoms. The number of hydrogen-bond donors (Lipinski definition) is 2. The zero-order valence-electron chi connectivity index (χ0n) is 9.20. The minimum Gasteiger partial charge on any atom is -0.389 e. The Labute approximate surface area is 114 Å². The second-order valence-electron chi connectivity index (χ2n) is 4.25. The van der Waals surface area contributed by atoms with Crippen LogP contribution in [0.5, 0.6) is 0 Å². The Morgan fingerprint density at radius 1 is 1.53 bits per heavy atom. The number of nitrogens with one attached hydrogen (secondary N) is 1. The third-order valence-electron chi connectivity index (χ3n) is 2.69. The van der Waals surface area contributed by atoms with E-state index in [0.29, 0.717) is 28.6 Å². The SMILES string of the molecule is NC(=S)c1ccc(Br)cc1NC(=O)CC1CC1. The lowest BCUT2D eigenvalue weighted by atomic mass is 10.1. The van der Waals surface area contributed by atoms with Gasteiger partial charge in [-0.3, -0.25) is 4.79 Å². The first-order chi connectivity index (χ1) is 8.06. The van der Waals surface area contributed by atoms with E-state index in [0.717, 1.165) is 17.3 Å². The molecule has 1 aromatic rings. The smallest absolute Gasteiger partial charge is 0.224 e. The first kappa shape index (κ1) is 12.5. The largest absolute Gasteiger partial charge is 0.389 e. The highest BCUT2D eigenvalue weighted by molar-refractivity contribution is 9.10. The van der Waals surface area contributed by atoms with E-state index in [1.165, 1.54) is 0 Å². The van der Waals surface area contributed by atoms with Gasteiger partial charge < -0.3 is 11.1 Å². The molecule has 0 radical (unpaired) electrons. The van der Waals surface area contributed by atoms with Crippen LogP contribution in [-0.2, 0) is 4.79 Å². The van der Waals surface area contributed by atoms with E-state index in [1.807, 2.05) is 12.1 Å². The predicted octanol–water partition coefficient (Wildman–Crippen LogP) is 2.82. The molecule has 5 heteroatoms. The van der Waals surface area contributed by atoms with Crippen molar-refractivity contribution in [3.63, 3.8) is 0 Å². The molecule has 90 valence electrons. The Morgan fingerprint density at radius 2 is 2.24 bits per heavy atom. The zero-order valence-corrected chi connectivity index (χ0v) is 11.6. The molecule has 0 bridgehead atoms. The highest BCUT2D eigenvalue weighted by atomic mass is 79.9. The third kappa shape index (κ3) is 3.51. The second-order valence-corrected chi connectivity index (χ2v) is 5.61. The molecular weight excluding hydrogens is 300 g/mol. The van der Waals surface area contributed by atoms with Gasteiger partial charge in [-0.2, -0.15) is 0 Å². The van der Waals surface area contributed by atoms with Crippen molar-refractivity contribution in [1.29, 1.82) is 0 Å². The van der Waals surface area contributed by atoms with E-state index in [1.54, 1.807) is 6.07 Å². The second kappa shape index (κ2) is 5.14. The van der Waals surface area contributed by atoms with Crippen LogP contribution in [-0.4, -0.2) is 10.9 Å². The van der Waals surface area contributed by atoms with Crippen molar-refractivity contribution in [3.05, 3.63) is 28.2 Å². The van der Waals surface area contributed by atoms with Crippen molar-refractivity contribution >= 4 is 44.7 Å². The Hall–Kier alpha value is -0.940. The van der Waals surface area contributed by atoms with Crippen molar-refractivity contribution in [2.75, 3.05) is 5.32 Å². The van der Waals surface area contributed by atoms with E-state index in [-0.39, 0.29) is 5.91 Å². The van der Waals surface area contributed by atoms with Crippen LogP contribution in [0.4, 0.5) is 5.69 Å². The van der Waals surface area contributed by atoms with E-state index < -0.39 is 0 Å². The molecule has 1 saturated carbocycles. The molecule has 0 aromatic heterocycles. The number of carbonyl (C=O) groups excluding carboxylic acids is 1. The van der Waals surface area contributed by atoms with E-state index >= 15 is 0 Å². The molecule has 0 unspecified atom stereocenters. The van der Waals surface area contributed by atoms with Crippen molar-refractivity contribution in [3.8, 4) is 0 Å². The van der Waals surface area contributed by atoms with E-state index in [9.17, 15) is 4.79 Å². The standard InChI is InChI=1S/C12H13BrN2OS/c13-8-3-4-9(12(14)17)10(6-8)15-11(16)5-7-1-2-7/h3-4,6-7H,1-2,5H2,(H2,14,17)(H,15,16). The van der Waals surface area contributed by atoms with Gasteiger partial charge in [-0.05, 0) is 37.0 Å². The lowest BCUT2D eigenvalue weighted by molar-refractivity contribution is -0.116. The number of thiocarbonyl (C=S) groups is 1. The van der Waals surface area contributed by atoms with Crippen molar-refractivity contribution < 1.29 is 4.79 Å². The van der Waals surface area contributed by atoms with Crippen LogP contribution in [0.25, 0.3) is 0 Å². The summed E-state index contributed by atoms with van der Waals surface area (Å²) in [4.78, 5) is 12.0. The molecule has 0 saturated heterocycles. The fourth-order valence-electron chi connectivity index (χ4n) is 1.62. The number of hydrogen-bond acceptors (Lipinski definition) is 2. The molecule has 1 aromatic carbocycles. The average Bonchev–Trinajstić information content (AvgIpc) is 3.00. The van der Waals surface area contributed by atoms with Gasteiger partial charge >= 0.3 is 0 Å². The van der Waals surface area contributed by atoms with Crippen molar-refractivity contribution in [2.24, 2.45) is 11.7 Å². The zero-order chi connectivity index (χ0) is 12.4. The minimum atomic E-state index is 0.0306. The summed E-state index contributed by atoms with van der Waals surface area (Å²) in [5.41, 5.74) is 7.00. The molecule has 0 atom stereocenters. The predicted molar refractivity (Wildman–Crippen MR) is 76.0 cm³/mol. The highest BCUT2D eigenvalue weighted by Gasteiger charge is 2.24. The summed E-state index contributed by atoms with van der Waals surface area (Å²) in [7, 11) is 0. The first-order valence-corrected chi connectivity index (χ1v) is 6.65. The Morgan fingerprint density at radius 3 is 2.82 bits per heavy atom. The number of nitrogens with two attached hydrogens (primary N) is 1. The van der Waals surface area contributed by atoms with Gasteiger partial charge in [-0.1, -0.05) is 28.1 Å². The number of amides is 1. The molecule has 3 N–H and O–H groups in total. The maximum Gasteiger partial charge on any atom is 0.224 e. The Balaban J connectivity index is 2.14. The van der Waals surface area contributed by atoms with Gasteiger partial charge in [-0.25, -0.2) is 0 Å². The fraction of sp³-hybridized carbons (Fsp3) is 0.333. The molecule has 0 heterocycles. The van der Waals surface area contributed by atoms with Crippen LogP contribution >= 0.6 is 28.1 Å². The van der Waals surface area contributed by atoms with E-state index in [2.05, 4.69) is 21.2 Å². The van der Waals surface area contributed by atoms with E-state index in [4.69, 9.17) is 18.0 Å². The number of benzene rings is 1. The van der Waals surface area contributed by atoms with Crippen LogP contribution in [0.1, 0.15) is 24.8 Å². The molecule has 1 amide bonds. The topological polar surface area (TPSA) is 55.1 Å². The molecule has 2 rings (SSSR count). The number of carbonyl (C=O) groups is 1. The summed E-state index contributed by atoms with van der Waals surface area (Å²) < 4.78 is 0.888. The lowest BCUT2D eigenvalue weighted by Gasteiger charge is -2.10. The van der Waals surface area contributed by atoms with Crippen LogP contribution < -0.4 is 11.1 Å². The quantitative estimate of drug-likeness (QED) is 0.841. The maximum atomic E-state index is 11.7. The molecule has 0 spiro atoms. The molecule has 1 aliphatic carbocycles. The van der Waals surface area contributed by atoms with Crippen LogP contribution in [0, 0.1) is 5.92 Å². The lowest BCUT2D eigenvalue weighted by Crippen LogP contribution is -2.17. The molecule has 3 nitrogen and oxygen atoms in total. The summed E-state index contributed by atoms with van der Waals surface area (Å²) in [6.07, 6.45) is 2.91. The number of rotatable bonds is 4. The number of halogens is 1. The molecule has 0 aliphatic heterocycles. The highest BCUT2D eigenvalue weighted by Crippen LogP contribution is 2.32. The van der Waals surface area contributed by atoms with Crippen LogP contribution in [0.3, 0.4) is 0 Å². The molecule has 1 aliphatic rings. The van der Waals surface area contributed by atoms with Crippen LogP contribution in [0.2, 0.25) is 0 Å². The van der Waals surface area contributed by atoms with Crippen LogP contribution in [0.15, 0.2) is 22.7 Å². The number of anilines is 1. The summed E-state index contributed by atoms with van der Waals surface area (Å²) >= 11 is 8.32. The van der Waals surface area contributed by atoms with Gasteiger partial charge in [-0.15, -0.1) is 0 Å². The Kier molecular flexibility index (Phi) is 3.79. The van der Waals surface area contributed by atoms with Crippen molar-refractivity contribution in [2.45, 2.75) is 19.3 Å². The van der Waals surface area contributed by atoms with Gasteiger partial charge in [0.25, 0.3) is 0 Å². The fourth-order valence-corrected chi connectivity index (χ4v) is 2.16.